The molecule has 1 N–H and O–H groups in total. The maximum Gasteiger partial charge on any atom is 0.310 e. The van der Waals surface area contributed by atoms with Crippen LogP contribution in [0.5, 0.6) is 0 Å². The molecule has 2 amide bonds. The Bertz CT molecular complexity index is 993. The highest BCUT2D eigenvalue weighted by Crippen LogP contribution is 2.26. The van der Waals surface area contributed by atoms with E-state index in [9.17, 15) is 24.5 Å². The lowest BCUT2D eigenvalue weighted by Crippen LogP contribution is -2.23. The second kappa shape index (κ2) is 9.36. The highest BCUT2D eigenvalue weighted by Gasteiger charge is 2.21. The van der Waals surface area contributed by atoms with Crippen molar-refractivity contribution in [3.63, 3.8) is 0 Å². The topological polar surface area (TPSA) is 119 Å². The van der Waals surface area contributed by atoms with E-state index in [0.717, 1.165) is 18.2 Å². The number of rotatable bonds is 7. The van der Waals surface area contributed by atoms with Crippen LogP contribution in [0.2, 0.25) is 5.02 Å². The molecule has 30 heavy (non-hydrogen) atoms. The molecule has 2 aromatic rings. The summed E-state index contributed by atoms with van der Waals surface area (Å²) in [6.07, 6.45) is 1.35. The lowest BCUT2D eigenvalue weighted by atomic mass is 10.1. The highest BCUT2D eigenvalue weighted by molar-refractivity contribution is 6.34. The van der Waals surface area contributed by atoms with Gasteiger partial charge in [-0.15, -0.1) is 0 Å². The van der Waals surface area contributed by atoms with Gasteiger partial charge in [0.15, 0.2) is 6.61 Å². The van der Waals surface area contributed by atoms with E-state index in [-0.39, 0.29) is 28.7 Å². The van der Waals surface area contributed by atoms with E-state index in [4.69, 9.17) is 16.3 Å². The largest absolute Gasteiger partial charge is 0.455 e. The van der Waals surface area contributed by atoms with Crippen molar-refractivity contribution < 1.29 is 24.0 Å². The third-order valence-electron chi connectivity index (χ3n) is 4.47. The van der Waals surface area contributed by atoms with Crippen molar-refractivity contribution in [2.24, 2.45) is 0 Å². The van der Waals surface area contributed by atoms with Gasteiger partial charge in [0.25, 0.3) is 11.6 Å². The maximum atomic E-state index is 12.0. The molecule has 2 aromatic carbocycles. The number of amides is 2. The Morgan fingerprint density at radius 1 is 1.20 bits per heavy atom. The number of hydrogen-bond donors (Lipinski definition) is 1. The van der Waals surface area contributed by atoms with Gasteiger partial charge in [0.2, 0.25) is 5.91 Å². The zero-order valence-electron chi connectivity index (χ0n) is 15.8. The lowest BCUT2D eigenvalue weighted by molar-refractivity contribution is -0.384. The molecule has 0 atom stereocenters. The number of carbonyl (C=O) groups excluding carboxylic acids is 3. The Labute approximate surface area is 176 Å². The molecular formula is C20H18ClN3O6. The molecule has 9 nitrogen and oxygen atoms in total. The van der Waals surface area contributed by atoms with Gasteiger partial charge in [0.1, 0.15) is 0 Å². The molecule has 0 saturated carbocycles. The van der Waals surface area contributed by atoms with E-state index >= 15 is 0 Å². The van der Waals surface area contributed by atoms with Crippen LogP contribution in [0, 0.1) is 10.1 Å². The Hall–Kier alpha value is -3.46. The van der Waals surface area contributed by atoms with Crippen LogP contribution >= 0.6 is 11.6 Å². The molecule has 156 valence electrons. The van der Waals surface area contributed by atoms with Gasteiger partial charge in [-0.2, -0.15) is 0 Å². The third kappa shape index (κ3) is 5.32. The van der Waals surface area contributed by atoms with Gasteiger partial charge >= 0.3 is 5.97 Å². The predicted octanol–water partition coefficient (Wildman–Crippen LogP) is 3.10. The fraction of sp³-hybridized carbons (Fsp3) is 0.250. The van der Waals surface area contributed by atoms with E-state index in [2.05, 4.69) is 5.32 Å². The van der Waals surface area contributed by atoms with Gasteiger partial charge < -0.3 is 15.0 Å². The average Bonchev–Trinajstić information content (AvgIpc) is 3.14. The van der Waals surface area contributed by atoms with Crippen molar-refractivity contribution in [2.45, 2.75) is 19.3 Å². The van der Waals surface area contributed by atoms with Crippen molar-refractivity contribution in [2.75, 3.05) is 23.4 Å². The fourth-order valence-electron chi connectivity index (χ4n) is 2.98. The van der Waals surface area contributed by atoms with Crippen LogP contribution < -0.4 is 10.2 Å². The Morgan fingerprint density at radius 3 is 2.53 bits per heavy atom. The second-order valence-electron chi connectivity index (χ2n) is 6.62. The first-order chi connectivity index (χ1) is 14.3. The molecule has 1 heterocycles. The summed E-state index contributed by atoms with van der Waals surface area (Å²) in [5, 5.41) is 13.1. The first-order valence-electron chi connectivity index (χ1n) is 9.12. The van der Waals surface area contributed by atoms with E-state index in [1.165, 1.54) is 12.1 Å². The van der Waals surface area contributed by atoms with Gasteiger partial charge in [-0.05, 0) is 30.2 Å². The molecule has 0 unspecified atom stereocenters. The van der Waals surface area contributed by atoms with Gasteiger partial charge in [0.05, 0.1) is 22.1 Å². The number of anilines is 2. The summed E-state index contributed by atoms with van der Waals surface area (Å²) in [5.74, 6) is -1.13. The minimum atomic E-state index is -0.623. The number of benzene rings is 2. The maximum absolute atomic E-state index is 12.0. The third-order valence-corrected chi connectivity index (χ3v) is 4.78. The normalized spacial score (nSPS) is 13.2. The molecule has 1 fully saturated rings. The Balaban J connectivity index is 1.48. The number of nitrogens with zero attached hydrogens (tertiary/aromatic N) is 2. The van der Waals surface area contributed by atoms with Gasteiger partial charge in [0, 0.05) is 30.8 Å². The number of nitro groups is 1. The number of nitro benzene ring substituents is 1. The standard InChI is InChI=1S/C20H18ClN3O6/c21-16-11-15(24(28)29)7-8-17(16)22-18(25)12-30-20(27)10-13-3-5-14(6-4-13)23-9-1-2-19(23)26/h3-8,11H,1-2,9-10,12H2,(H,22,25). The monoisotopic (exact) mass is 431 g/mol. The van der Waals surface area contributed by atoms with Gasteiger partial charge in [-0.3, -0.25) is 24.5 Å². The number of non-ortho nitro benzene ring substituents is 1. The van der Waals surface area contributed by atoms with Crippen LogP contribution in [0.3, 0.4) is 0 Å². The zero-order chi connectivity index (χ0) is 21.7. The van der Waals surface area contributed by atoms with Crippen LogP contribution in [-0.4, -0.2) is 35.9 Å². The zero-order valence-corrected chi connectivity index (χ0v) is 16.6. The lowest BCUT2D eigenvalue weighted by Gasteiger charge is -2.15. The van der Waals surface area contributed by atoms with Crippen molar-refractivity contribution in [1.82, 2.24) is 0 Å². The van der Waals surface area contributed by atoms with Gasteiger partial charge in [-0.1, -0.05) is 23.7 Å². The van der Waals surface area contributed by atoms with Gasteiger partial charge in [-0.25, -0.2) is 0 Å². The minimum absolute atomic E-state index is 0.000417. The van der Waals surface area contributed by atoms with Crippen molar-refractivity contribution in [3.05, 3.63) is 63.2 Å². The van der Waals surface area contributed by atoms with Crippen molar-refractivity contribution in [1.29, 1.82) is 0 Å². The number of esters is 1. The summed E-state index contributed by atoms with van der Waals surface area (Å²) in [6.45, 7) is 0.167. The number of halogens is 1. The second-order valence-corrected chi connectivity index (χ2v) is 7.03. The highest BCUT2D eigenvalue weighted by atomic mass is 35.5. The minimum Gasteiger partial charge on any atom is -0.455 e. The molecule has 1 saturated heterocycles. The summed E-state index contributed by atoms with van der Waals surface area (Å²) in [5.41, 5.74) is 1.45. The summed E-state index contributed by atoms with van der Waals surface area (Å²) < 4.78 is 4.96. The SMILES string of the molecule is O=C(COC(=O)Cc1ccc(N2CCCC2=O)cc1)Nc1ccc([N+](=O)[O-])cc1Cl. The molecule has 0 bridgehead atoms. The van der Waals surface area contributed by atoms with Crippen molar-refractivity contribution in [3.8, 4) is 0 Å². The average molecular weight is 432 g/mol. The summed E-state index contributed by atoms with van der Waals surface area (Å²) >= 11 is 5.90. The molecule has 0 radical (unpaired) electrons. The van der Waals surface area contributed by atoms with Crippen LogP contribution in [-0.2, 0) is 25.5 Å². The van der Waals surface area contributed by atoms with E-state index in [0.29, 0.717) is 18.5 Å². The molecule has 1 aliphatic heterocycles. The molecule has 10 heteroatoms. The van der Waals surface area contributed by atoms with Crippen LogP contribution in [0.1, 0.15) is 18.4 Å². The summed E-state index contributed by atoms with van der Waals surface area (Å²) in [7, 11) is 0. The van der Waals surface area contributed by atoms with E-state index in [1.807, 2.05) is 0 Å². The number of ether oxygens (including phenoxy) is 1. The first-order valence-corrected chi connectivity index (χ1v) is 9.50. The van der Waals surface area contributed by atoms with Crippen LogP contribution in [0.15, 0.2) is 42.5 Å². The van der Waals surface area contributed by atoms with E-state index < -0.39 is 23.4 Å². The van der Waals surface area contributed by atoms with Crippen molar-refractivity contribution >= 4 is 46.4 Å². The summed E-state index contributed by atoms with van der Waals surface area (Å²) in [4.78, 5) is 47.5. The van der Waals surface area contributed by atoms with Crippen LogP contribution in [0.4, 0.5) is 17.1 Å². The number of carbonyl (C=O) groups is 3. The Kier molecular flexibility index (Phi) is 6.63. The molecule has 0 aliphatic carbocycles. The molecule has 0 spiro atoms. The number of hydrogen-bond acceptors (Lipinski definition) is 6. The quantitative estimate of drug-likeness (QED) is 0.408. The smallest absolute Gasteiger partial charge is 0.310 e. The van der Waals surface area contributed by atoms with Crippen LogP contribution in [0.25, 0.3) is 0 Å². The predicted molar refractivity (Wildman–Crippen MR) is 109 cm³/mol. The molecule has 1 aliphatic rings. The molecule has 3 rings (SSSR count). The Morgan fingerprint density at radius 2 is 1.93 bits per heavy atom. The number of nitrogens with one attached hydrogen (secondary N) is 1. The molecular weight excluding hydrogens is 414 g/mol. The first kappa shape index (κ1) is 21.3. The molecule has 0 aromatic heterocycles. The van der Waals surface area contributed by atoms with E-state index in [1.54, 1.807) is 29.2 Å². The fourth-order valence-corrected chi connectivity index (χ4v) is 3.21. The summed E-state index contributed by atoms with van der Waals surface area (Å²) in [6, 6.07) is 10.6.